The number of benzene rings is 3. The summed E-state index contributed by atoms with van der Waals surface area (Å²) in [6.45, 7) is 4.63. The standard InChI is InChI=1S/C26H30N2O3/c1-30-23-13-11-21(12-14-23)25-9-5-6-10-26(25)28-17-15-27(16-18-28)19-22(29)20-31-24-7-3-2-4-8-24/h2-14,22,29H,15-20H2,1H3. The third-order valence-electron chi connectivity index (χ3n) is 5.67. The lowest BCUT2D eigenvalue weighted by molar-refractivity contribution is 0.0663. The number of methoxy groups -OCH3 is 1. The van der Waals surface area contributed by atoms with Crippen molar-refractivity contribution in [1.82, 2.24) is 4.90 Å². The van der Waals surface area contributed by atoms with Crippen LogP contribution in [0.25, 0.3) is 11.1 Å². The molecule has 1 fully saturated rings. The van der Waals surface area contributed by atoms with Crippen LogP contribution < -0.4 is 14.4 Å². The van der Waals surface area contributed by atoms with Crippen molar-refractivity contribution in [2.45, 2.75) is 6.10 Å². The van der Waals surface area contributed by atoms with Gasteiger partial charge in [-0.15, -0.1) is 0 Å². The summed E-state index contributed by atoms with van der Waals surface area (Å²) in [5.41, 5.74) is 3.67. The fourth-order valence-corrected chi connectivity index (χ4v) is 4.00. The molecule has 0 amide bonds. The van der Waals surface area contributed by atoms with Gasteiger partial charge in [-0.25, -0.2) is 0 Å². The average molecular weight is 419 g/mol. The molecule has 0 saturated carbocycles. The fraction of sp³-hybridized carbons (Fsp3) is 0.308. The monoisotopic (exact) mass is 418 g/mol. The third-order valence-corrected chi connectivity index (χ3v) is 5.67. The normalized spacial score (nSPS) is 15.5. The lowest BCUT2D eigenvalue weighted by atomic mass is 10.0. The minimum Gasteiger partial charge on any atom is -0.497 e. The molecule has 1 unspecified atom stereocenters. The Morgan fingerprint density at radius 3 is 2.19 bits per heavy atom. The number of hydrogen-bond acceptors (Lipinski definition) is 5. The first-order valence-corrected chi connectivity index (χ1v) is 10.8. The molecule has 1 aliphatic rings. The minimum absolute atomic E-state index is 0.310. The number of piperazine rings is 1. The van der Waals surface area contributed by atoms with Crippen LogP contribution in [0, 0.1) is 0 Å². The van der Waals surface area contributed by atoms with Crippen LogP contribution in [0.15, 0.2) is 78.9 Å². The molecular formula is C26H30N2O3. The van der Waals surface area contributed by atoms with Gasteiger partial charge < -0.3 is 19.5 Å². The van der Waals surface area contributed by atoms with Crippen molar-refractivity contribution in [2.75, 3.05) is 51.3 Å². The van der Waals surface area contributed by atoms with Gasteiger partial charge in [0.15, 0.2) is 0 Å². The van der Waals surface area contributed by atoms with Crippen LogP contribution in [0.4, 0.5) is 5.69 Å². The second-order valence-corrected chi connectivity index (χ2v) is 7.81. The first-order valence-electron chi connectivity index (χ1n) is 10.8. The van der Waals surface area contributed by atoms with Gasteiger partial charge in [0.25, 0.3) is 0 Å². The van der Waals surface area contributed by atoms with Crippen LogP contribution in [0.3, 0.4) is 0 Å². The minimum atomic E-state index is -0.502. The Balaban J connectivity index is 1.32. The summed E-state index contributed by atoms with van der Waals surface area (Å²) in [5.74, 6) is 1.66. The van der Waals surface area contributed by atoms with Crippen LogP contribution in [0.5, 0.6) is 11.5 Å². The molecule has 0 bridgehead atoms. The molecule has 1 atom stereocenters. The van der Waals surface area contributed by atoms with E-state index in [0.29, 0.717) is 13.2 Å². The van der Waals surface area contributed by atoms with Crippen molar-refractivity contribution in [3.8, 4) is 22.6 Å². The van der Waals surface area contributed by atoms with Gasteiger partial charge in [-0.1, -0.05) is 48.5 Å². The molecule has 0 aromatic heterocycles. The number of ether oxygens (including phenoxy) is 2. The molecule has 1 heterocycles. The van der Waals surface area contributed by atoms with E-state index in [1.165, 1.54) is 16.8 Å². The molecule has 1 N–H and O–H groups in total. The van der Waals surface area contributed by atoms with Crippen molar-refractivity contribution in [3.63, 3.8) is 0 Å². The highest BCUT2D eigenvalue weighted by atomic mass is 16.5. The number of para-hydroxylation sites is 2. The Morgan fingerprint density at radius 1 is 0.806 bits per heavy atom. The highest BCUT2D eigenvalue weighted by molar-refractivity contribution is 5.79. The van der Waals surface area contributed by atoms with Gasteiger partial charge in [-0.3, -0.25) is 4.90 Å². The molecular weight excluding hydrogens is 388 g/mol. The quantitative estimate of drug-likeness (QED) is 0.601. The van der Waals surface area contributed by atoms with E-state index in [1.54, 1.807) is 7.11 Å². The van der Waals surface area contributed by atoms with Gasteiger partial charge in [0, 0.05) is 44.0 Å². The van der Waals surface area contributed by atoms with E-state index in [1.807, 2.05) is 42.5 Å². The molecule has 5 heteroatoms. The van der Waals surface area contributed by atoms with E-state index in [-0.39, 0.29) is 0 Å². The lowest BCUT2D eigenvalue weighted by Crippen LogP contribution is -2.49. The zero-order valence-electron chi connectivity index (χ0n) is 18.0. The van der Waals surface area contributed by atoms with Crippen LogP contribution in [0.1, 0.15) is 0 Å². The number of rotatable bonds is 8. The second-order valence-electron chi connectivity index (χ2n) is 7.81. The van der Waals surface area contributed by atoms with Crippen molar-refractivity contribution in [1.29, 1.82) is 0 Å². The first kappa shape index (κ1) is 21.2. The molecule has 162 valence electrons. The van der Waals surface area contributed by atoms with Gasteiger partial charge in [0.05, 0.1) is 7.11 Å². The maximum Gasteiger partial charge on any atom is 0.119 e. The SMILES string of the molecule is COc1ccc(-c2ccccc2N2CCN(CC(O)COc3ccccc3)CC2)cc1. The fourth-order valence-electron chi connectivity index (χ4n) is 4.00. The topological polar surface area (TPSA) is 45.2 Å². The Hall–Kier alpha value is -3.02. The number of nitrogens with zero attached hydrogens (tertiary/aromatic N) is 2. The van der Waals surface area contributed by atoms with Gasteiger partial charge >= 0.3 is 0 Å². The molecule has 3 aromatic carbocycles. The average Bonchev–Trinajstić information content (AvgIpc) is 2.84. The predicted octanol–water partition coefficient (Wildman–Crippen LogP) is 3.92. The Labute approximate surface area is 184 Å². The van der Waals surface area contributed by atoms with Crippen LogP contribution in [-0.4, -0.2) is 62.6 Å². The number of anilines is 1. The molecule has 0 spiro atoms. The van der Waals surface area contributed by atoms with Gasteiger partial charge in [-0.05, 0) is 35.9 Å². The molecule has 0 radical (unpaired) electrons. The molecule has 1 aliphatic heterocycles. The van der Waals surface area contributed by atoms with Gasteiger partial charge in [0.1, 0.15) is 24.2 Å². The van der Waals surface area contributed by atoms with Crippen molar-refractivity contribution in [2.24, 2.45) is 0 Å². The second kappa shape index (κ2) is 10.3. The van der Waals surface area contributed by atoms with E-state index in [4.69, 9.17) is 9.47 Å². The summed E-state index contributed by atoms with van der Waals surface area (Å²) in [5, 5.41) is 10.4. The molecule has 5 nitrogen and oxygen atoms in total. The van der Waals surface area contributed by atoms with Crippen molar-refractivity contribution in [3.05, 3.63) is 78.9 Å². The third kappa shape index (κ3) is 5.57. The Kier molecular flexibility index (Phi) is 7.07. The Morgan fingerprint density at radius 2 is 1.48 bits per heavy atom. The van der Waals surface area contributed by atoms with Gasteiger partial charge in [0.2, 0.25) is 0 Å². The van der Waals surface area contributed by atoms with Gasteiger partial charge in [-0.2, -0.15) is 0 Å². The summed E-state index contributed by atoms with van der Waals surface area (Å²) < 4.78 is 11.0. The molecule has 4 rings (SSSR count). The van der Waals surface area contributed by atoms with Crippen molar-refractivity contribution < 1.29 is 14.6 Å². The van der Waals surface area contributed by atoms with Crippen LogP contribution in [0.2, 0.25) is 0 Å². The Bertz CT molecular complexity index is 938. The van der Waals surface area contributed by atoms with E-state index in [0.717, 1.165) is 37.7 Å². The summed E-state index contributed by atoms with van der Waals surface area (Å²) in [6, 6.07) is 26.4. The molecule has 1 saturated heterocycles. The number of β-amino-alcohol motifs (C(OH)–C–C–N with tert-alkyl or cyclic N) is 1. The summed E-state index contributed by atoms with van der Waals surface area (Å²) in [7, 11) is 1.69. The summed E-state index contributed by atoms with van der Waals surface area (Å²) >= 11 is 0. The van der Waals surface area contributed by atoms with Crippen molar-refractivity contribution >= 4 is 5.69 Å². The number of hydrogen-bond donors (Lipinski definition) is 1. The van der Waals surface area contributed by atoms with Crippen LogP contribution in [-0.2, 0) is 0 Å². The zero-order valence-corrected chi connectivity index (χ0v) is 18.0. The zero-order chi connectivity index (χ0) is 21.5. The largest absolute Gasteiger partial charge is 0.497 e. The first-order chi connectivity index (χ1) is 15.2. The highest BCUT2D eigenvalue weighted by Crippen LogP contribution is 2.32. The van der Waals surface area contributed by atoms with E-state index in [9.17, 15) is 5.11 Å². The summed E-state index contributed by atoms with van der Waals surface area (Å²) in [6.07, 6.45) is -0.502. The maximum atomic E-state index is 10.4. The lowest BCUT2D eigenvalue weighted by Gasteiger charge is -2.37. The van der Waals surface area contributed by atoms with E-state index >= 15 is 0 Å². The maximum absolute atomic E-state index is 10.4. The summed E-state index contributed by atoms with van der Waals surface area (Å²) in [4.78, 5) is 4.74. The number of aliphatic hydroxyl groups excluding tert-OH is 1. The molecule has 0 aliphatic carbocycles. The highest BCUT2D eigenvalue weighted by Gasteiger charge is 2.21. The number of aliphatic hydroxyl groups is 1. The molecule has 3 aromatic rings. The molecule has 31 heavy (non-hydrogen) atoms. The van der Waals surface area contributed by atoms with E-state index in [2.05, 4.69) is 46.2 Å². The predicted molar refractivity (Wildman–Crippen MR) is 125 cm³/mol. The smallest absolute Gasteiger partial charge is 0.119 e. The van der Waals surface area contributed by atoms with Crippen LogP contribution >= 0.6 is 0 Å². The van der Waals surface area contributed by atoms with E-state index < -0.39 is 6.10 Å².